The summed E-state index contributed by atoms with van der Waals surface area (Å²) in [7, 11) is 3.07. The fourth-order valence-electron chi connectivity index (χ4n) is 2.27. The molecule has 0 unspecified atom stereocenters. The molecule has 0 fully saturated rings. The maximum absolute atomic E-state index is 12.0. The van der Waals surface area contributed by atoms with Gasteiger partial charge in [0, 0.05) is 31.1 Å². The molecule has 0 spiro atoms. The van der Waals surface area contributed by atoms with Crippen molar-refractivity contribution >= 4 is 29.1 Å². The van der Waals surface area contributed by atoms with Gasteiger partial charge in [-0.1, -0.05) is 31.4 Å². The van der Waals surface area contributed by atoms with E-state index in [0.29, 0.717) is 40.3 Å². The molecule has 0 radical (unpaired) electrons. The molecule has 2 N–H and O–H groups in total. The number of carbonyl (C=O) groups is 1. The first kappa shape index (κ1) is 19.8. The van der Waals surface area contributed by atoms with Gasteiger partial charge >= 0.3 is 0 Å². The summed E-state index contributed by atoms with van der Waals surface area (Å²) in [6.07, 6.45) is 6.11. The van der Waals surface area contributed by atoms with Crippen molar-refractivity contribution in [3.63, 3.8) is 0 Å². The highest BCUT2D eigenvalue weighted by Gasteiger charge is 2.12. The van der Waals surface area contributed by atoms with E-state index in [2.05, 4.69) is 27.5 Å². The van der Waals surface area contributed by atoms with Crippen molar-refractivity contribution < 1.29 is 14.3 Å². The zero-order chi connectivity index (χ0) is 18.9. The second-order valence-electron chi connectivity index (χ2n) is 5.57. The summed E-state index contributed by atoms with van der Waals surface area (Å²) in [5.74, 6) is 1.17. The predicted octanol–water partition coefficient (Wildman–Crippen LogP) is 3.81. The number of unbranched alkanes of at least 4 members (excludes halogenated alkanes) is 2. The van der Waals surface area contributed by atoms with Crippen LogP contribution in [0.15, 0.2) is 24.5 Å². The van der Waals surface area contributed by atoms with Gasteiger partial charge in [-0.15, -0.1) is 0 Å². The van der Waals surface area contributed by atoms with Crippen LogP contribution in [0.4, 0.5) is 11.6 Å². The smallest absolute Gasteiger partial charge is 0.254 e. The van der Waals surface area contributed by atoms with E-state index in [4.69, 9.17) is 21.1 Å². The Morgan fingerprint density at radius 2 is 1.81 bits per heavy atom. The van der Waals surface area contributed by atoms with Crippen LogP contribution in [0.2, 0.25) is 5.02 Å². The van der Waals surface area contributed by atoms with E-state index in [-0.39, 0.29) is 5.91 Å². The molecule has 0 aliphatic carbocycles. The van der Waals surface area contributed by atoms with E-state index in [1.165, 1.54) is 26.6 Å². The number of anilines is 2. The molecule has 0 atom stereocenters. The molecule has 26 heavy (non-hydrogen) atoms. The van der Waals surface area contributed by atoms with Crippen molar-refractivity contribution in [1.29, 1.82) is 0 Å². The number of carbonyl (C=O) groups excluding carboxylic acids is 1. The molecule has 0 bridgehead atoms. The Balaban J connectivity index is 2.06. The molecule has 0 aliphatic heterocycles. The zero-order valence-corrected chi connectivity index (χ0v) is 15.9. The van der Waals surface area contributed by atoms with E-state index in [9.17, 15) is 4.79 Å². The van der Waals surface area contributed by atoms with Crippen LogP contribution in [0, 0.1) is 0 Å². The number of nitrogens with one attached hydrogen (secondary N) is 2. The van der Waals surface area contributed by atoms with Gasteiger partial charge in [0.05, 0.1) is 30.5 Å². The maximum Gasteiger partial charge on any atom is 0.254 e. The number of ether oxygens (including phenoxy) is 2. The van der Waals surface area contributed by atoms with Crippen LogP contribution in [-0.2, 0) is 0 Å². The minimum atomic E-state index is -0.182. The first-order valence-electron chi connectivity index (χ1n) is 8.37. The number of benzene rings is 1. The van der Waals surface area contributed by atoms with Crippen LogP contribution >= 0.6 is 11.6 Å². The van der Waals surface area contributed by atoms with Crippen molar-refractivity contribution in [3.8, 4) is 11.5 Å². The Morgan fingerprint density at radius 3 is 2.42 bits per heavy atom. The van der Waals surface area contributed by atoms with E-state index in [1.54, 1.807) is 12.1 Å². The summed E-state index contributed by atoms with van der Waals surface area (Å²) in [5, 5.41) is 6.32. The van der Waals surface area contributed by atoms with Crippen molar-refractivity contribution in [1.82, 2.24) is 15.3 Å². The lowest BCUT2D eigenvalue weighted by atomic mass is 10.2. The number of aromatic nitrogens is 2. The highest BCUT2D eigenvalue weighted by molar-refractivity contribution is 6.32. The summed E-state index contributed by atoms with van der Waals surface area (Å²) < 4.78 is 10.5. The normalized spacial score (nSPS) is 10.3. The number of amides is 1. The van der Waals surface area contributed by atoms with E-state index in [0.717, 1.165) is 19.3 Å². The average molecular weight is 379 g/mol. The van der Waals surface area contributed by atoms with Crippen LogP contribution in [-0.4, -0.2) is 36.6 Å². The zero-order valence-electron chi connectivity index (χ0n) is 15.1. The number of hydrogen-bond acceptors (Lipinski definition) is 6. The Labute approximate surface area is 158 Å². The van der Waals surface area contributed by atoms with Crippen LogP contribution in [0.25, 0.3) is 0 Å². The van der Waals surface area contributed by atoms with Crippen LogP contribution in [0.1, 0.15) is 36.5 Å². The topological polar surface area (TPSA) is 85.4 Å². The molecule has 8 heteroatoms. The van der Waals surface area contributed by atoms with Gasteiger partial charge < -0.3 is 20.1 Å². The summed E-state index contributed by atoms with van der Waals surface area (Å²) in [6, 6.07) is 3.33. The second-order valence-corrected chi connectivity index (χ2v) is 5.98. The lowest BCUT2D eigenvalue weighted by Crippen LogP contribution is -2.24. The summed E-state index contributed by atoms with van der Waals surface area (Å²) in [6.45, 7) is 2.76. The maximum atomic E-state index is 12.0. The molecule has 0 saturated heterocycles. The van der Waals surface area contributed by atoms with Gasteiger partial charge in [-0.3, -0.25) is 4.79 Å². The van der Waals surface area contributed by atoms with Crippen molar-refractivity contribution in [2.45, 2.75) is 26.2 Å². The minimum absolute atomic E-state index is 0.182. The highest BCUT2D eigenvalue weighted by atomic mass is 35.5. The SMILES string of the molecule is CCCCCNC(=O)c1cnc(Nc2cc(OC)c(Cl)cc2OC)nc1. The van der Waals surface area contributed by atoms with Gasteiger partial charge in [0.2, 0.25) is 5.95 Å². The van der Waals surface area contributed by atoms with Gasteiger partial charge in [-0.2, -0.15) is 0 Å². The predicted molar refractivity (Wildman–Crippen MR) is 102 cm³/mol. The fraction of sp³-hybridized carbons (Fsp3) is 0.389. The Bertz CT molecular complexity index is 738. The molecule has 1 heterocycles. The fourth-order valence-corrected chi connectivity index (χ4v) is 2.50. The summed E-state index contributed by atoms with van der Waals surface area (Å²) in [4.78, 5) is 20.4. The van der Waals surface area contributed by atoms with Crippen LogP contribution in [0.5, 0.6) is 11.5 Å². The van der Waals surface area contributed by atoms with Crippen LogP contribution in [0.3, 0.4) is 0 Å². The molecular formula is C18H23ClN4O3. The standard InChI is InChI=1S/C18H23ClN4O3/c1-4-5-6-7-20-17(24)12-10-21-18(22-11-12)23-14-9-15(25-2)13(19)8-16(14)26-3/h8-11H,4-7H2,1-3H3,(H,20,24)(H,21,22,23). The highest BCUT2D eigenvalue weighted by Crippen LogP contribution is 2.36. The first-order chi connectivity index (χ1) is 12.6. The third-order valence-corrected chi connectivity index (χ3v) is 4.00. The molecule has 1 amide bonds. The number of methoxy groups -OCH3 is 2. The second kappa shape index (κ2) is 9.82. The van der Waals surface area contributed by atoms with Gasteiger partial charge in [0.1, 0.15) is 11.5 Å². The Kier molecular flexibility index (Phi) is 7.47. The molecule has 140 valence electrons. The molecule has 7 nitrogen and oxygen atoms in total. The number of halogens is 1. The molecular weight excluding hydrogens is 356 g/mol. The number of rotatable bonds is 9. The minimum Gasteiger partial charge on any atom is -0.495 e. The van der Waals surface area contributed by atoms with Gasteiger partial charge in [-0.05, 0) is 6.42 Å². The Hall–Kier alpha value is -2.54. The summed E-state index contributed by atoms with van der Waals surface area (Å²) in [5.41, 5.74) is 1.01. The van der Waals surface area contributed by atoms with Crippen LogP contribution < -0.4 is 20.1 Å². The largest absolute Gasteiger partial charge is 0.495 e. The number of hydrogen-bond donors (Lipinski definition) is 2. The van der Waals surface area contributed by atoms with Gasteiger partial charge in [0.15, 0.2) is 0 Å². The average Bonchev–Trinajstić information content (AvgIpc) is 2.66. The van der Waals surface area contributed by atoms with E-state index >= 15 is 0 Å². The molecule has 1 aromatic heterocycles. The molecule has 0 saturated carbocycles. The van der Waals surface area contributed by atoms with Gasteiger partial charge in [-0.25, -0.2) is 9.97 Å². The third kappa shape index (κ3) is 5.23. The molecule has 2 rings (SSSR count). The third-order valence-electron chi connectivity index (χ3n) is 3.70. The lowest BCUT2D eigenvalue weighted by molar-refractivity contribution is 0.0952. The first-order valence-corrected chi connectivity index (χ1v) is 8.75. The van der Waals surface area contributed by atoms with Crippen molar-refractivity contribution in [2.75, 3.05) is 26.1 Å². The van der Waals surface area contributed by atoms with E-state index < -0.39 is 0 Å². The quantitative estimate of drug-likeness (QED) is 0.645. The van der Waals surface area contributed by atoms with Gasteiger partial charge in [0.25, 0.3) is 5.91 Å². The summed E-state index contributed by atoms with van der Waals surface area (Å²) >= 11 is 6.09. The molecule has 2 aromatic rings. The number of nitrogens with zero attached hydrogens (tertiary/aromatic N) is 2. The van der Waals surface area contributed by atoms with Crippen molar-refractivity contribution in [2.24, 2.45) is 0 Å². The Morgan fingerprint density at radius 1 is 1.12 bits per heavy atom. The van der Waals surface area contributed by atoms with Crippen molar-refractivity contribution in [3.05, 3.63) is 35.1 Å². The lowest BCUT2D eigenvalue weighted by Gasteiger charge is -2.13. The monoisotopic (exact) mass is 378 g/mol. The van der Waals surface area contributed by atoms with E-state index in [1.807, 2.05) is 0 Å². The molecule has 1 aromatic carbocycles. The molecule has 0 aliphatic rings.